The van der Waals surface area contributed by atoms with Gasteiger partial charge in [-0.2, -0.15) is 5.26 Å². The van der Waals surface area contributed by atoms with Gasteiger partial charge in [-0.15, -0.1) is 0 Å². The summed E-state index contributed by atoms with van der Waals surface area (Å²) < 4.78 is 13.3. The van der Waals surface area contributed by atoms with Crippen LogP contribution in [0.15, 0.2) is 18.2 Å². The molecule has 0 fully saturated rings. The van der Waals surface area contributed by atoms with Crippen LogP contribution in [0.4, 0.5) is 10.1 Å². The summed E-state index contributed by atoms with van der Waals surface area (Å²) in [7, 11) is 0. The van der Waals surface area contributed by atoms with Crippen LogP contribution in [0, 0.1) is 17.1 Å². The number of benzene rings is 1. The van der Waals surface area contributed by atoms with Crippen LogP contribution in [0.5, 0.6) is 0 Å². The van der Waals surface area contributed by atoms with Crippen molar-refractivity contribution >= 4 is 5.69 Å². The van der Waals surface area contributed by atoms with Gasteiger partial charge in [0, 0.05) is 11.3 Å². The zero-order chi connectivity index (χ0) is 11.4. The van der Waals surface area contributed by atoms with Crippen LogP contribution in [0.3, 0.4) is 0 Å². The highest BCUT2D eigenvalue weighted by Crippen LogP contribution is 2.26. The molecule has 0 aromatic heterocycles. The fourth-order valence-electron chi connectivity index (χ4n) is 1.26. The lowest BCUT2D eigenvalue weighted by molar-refractivity contribution is 0.0200. The molecule has 0 aliphatic rings. The van der Waals surface area contributed by atoms with Gasteiger partial charge in [0.2, 0.25) is 0 Å². The second-order valence-corrected chi connectivity index (χ2v) is 3.12. The quantitative estimate of drug-likeness (QED) is 0.641. The maximum Gasteiger partial charge on any atom is 0.131 e. The van der Waals surface area contributed by atoms with Gasteiger partial charge in [0.1, 0.15) is 11.9 Å². The number of nitriles is 1. The molecule has 15 heavy (non-hydrogen) atoms. The molecule has 4 N–H and O–H groups in total. The van der Waals surface area contributed by atoms with Crippen molar-refractivity contribution in [2.24, 2.45) is 0 Å². The Morgan fingerprint density at radius 3 is 2.67 bits per heavy atom. The van der Waals surface area contributed by atoms with Crippen LogP contribution in [0.2, 0.25) is 0 Å². The lowest BCUT2D eigenvalue weighted by Crippen LogP contribution is -2.20. The molecule has 0 saturated carbocycles. The first-order valence-electron chi connectivity index (χ1n) is 4.35. The number of aliphatic hydroxyl groups is 2. The minimum Gasteiger partial charge on any atom is -0.398 e. The molecular formula is C10H11FN2O2. The van der Waals surface area contributed by atoms with E-state index in [1.165, 1.54) is 12.1 Å². The fourth-order valence-corrected chi connectivity index (χ4v) is 1.26. The number of anilines is 1. The summed E-state index contributed by atoms with van der Waals surface area (Å²) in [5.41, 5.74) is 5.35. The maximum absolute atomic E-state index is 13.3. The summed E-state index contributed by atoms with van der Waals surface area (Å²) in [6, 6.07) is 5.63. The summed E-state index contributed by atoms with van der Waals surface area (Å²) >= 11 is 0. The number of aliphatic hydroxyl groups excluding tert-OH is 2. The number of nitrogens with zero attached hydrogens (tertiary/aromatic N) is 1. The Labute approximate surface area is 86.4 Å². The zero-order valence-corrected chi connectivity index (χ0v) is 7.89. The van der Waals surface area contributed by atoms with Gasteiger partial charge in [-0.1, -0.05) is 6.07 Å². The van der Waals surface area contributed by atoms with Gasteiger partial charge in [-0.25, -0.2) is 4.39 Å². The zero-order valence-electron chi connectivity index (χ0n) is 7.89. The van der Waals surface area contributed by atoms with E-state index in [1.807, 2.05) is 0 Å². The Bertz CT molecular complexity index is 369. The molecule has 0 radical (unpaired) electrons. The third-order valence-corrected chi connectivity index (χ3v) is 2.05. The van der Waals surface area contributed by atoms with Gasteiger partial charge >= 0.3 is 0 Å². The van der Waals surface area contributed by atoms with Crippen LogP contribution >= 0.6 is 0 Å². The molecule has 0 bridgehead atoms. The molecule has 2 atom stereocenters. The van der Waals surface area contributed by atoms with Gasteiger partial charge in [0.15, 0.2) is 0 Å². The first-order valence-corrected chi connectivity index (χ1v) is 4.35. The molecule has 0 spiro atoms. The normalized spacial score (nSPS) is 14.3. The van der Waals surface area contributed by atoms with Crippen LogP contribution < -0.4 is 5.73 Å². The smallest absolute Gasteiger partial charge is 0.131 e. The first kappa shape index (κ1) is 11.4. The van der Waals surface area contributed by atoms with E-state index in [4.69, 9.17) is 11.0 Å². The minimum absolute atomic E-state index is 0.0551. The van der Waals surface area contributed by atoms with Crippen molar-refractivity contribution in [3.8, 4) is 6.07 Å². The highest BCUT2D eigenvalue weighted by Gasteiger charge is 2.23. The van der Waals surface area contributed by atoms with E-state index in [0.717, 1.165) is 6.07 Å². The molecule has 4 nitrogen and oxygen atoms in total. The number of nitrogen functional groups attached to an aromatic ring is 1. The van der Waals surface area contributed by atoms with Crippen molar-refractivity contribution in [3.63, 3.8) is 0 Å². The lowest BCUT2D eigenvalue weighted by atomic mass is 10.0. The second-order valence-electron chi connectivity index (χ2n) is 3.12. The summed E-state index contributed by atoms with van der Waals surface area (Å²) in [6.45, 7) is 0. The molecule has 0 aliphatic carbocycles. The van der Waals surface area contributed by atoms with Crippen molar-refractivity contribution < 1.29 is 14.6 Å². The topological polar surface area (TPSA) is 90.3 Å². The predicted octanol–water partition coefficient (Wildman–Crippen LogP) is 0.716. The van der Waals surface area contributed by atoms with E-state index in [-0.39, 0.29) is 17.7 Å². The Morgan fingerprint density at radius 2 is 2.13 bits per heavy atom. The van der Waals surface area contributed by atoms with Crippen molar-refractivity contribution in [1.29, 1.82) is 5.26 Å². The number of nitrogens with two attached hydrogens (primary N) is 1. The van der Waals surface area contributed by atoms with Gasteiger partial charge in [0.05, 0.1) is 18.6 Å². The van der Waals surface area contributed by atoms with Crippen LogP contribution in [0.1, 0.15) is 18.1 Å². The summed E-state index contributed by atoms with van der Waals surface area (Å²) in [4.78, 5) is 0. The predicted molar refractivity (Wildman–Crippen MR) is 52.0 cm³/mol. The molecule has 1 rings (SSSR count). The average molecular weight is 210 g/mol. The third-order valence-electron chi connectivity index (χ3n) is 2.05. The van der Waals surface area contributed by atoms with Crippen molar-refractivity contribution in [2.45, 2.75) is 18.6 Å². The van der Waals surface area contributed by atoms with Crippen LogP contribution in [-0.2, 0) is 0 Å². The summed E-state index contributed by atoms with van der Waals surface area (Å²) in [5.74, 6) is -0.695. The van der Waals surface area contributed by atoms with Gasteiger partial charge < -0.3 is 15.9 Å². The van der Waals surface area contributed by atoms with E-state index in [2.05, 4.69) is 0 Å². The third kappa shape index (κ3) is 2.43. The SMILES string of the molecule is N#CCC(O)C(O)c1c(N)cccc1F. The van der Waals surface area contributed by atoms with Crippen LogP contribution in [-0.4, -0.2) is 16.3 Å². The first-order chi connectivity index (χ1) is 7.07. The Kier molecular flexibility index (Phi) is 3.61. The van der Waals surface area contributed by atoms with E-state index in [1.54, 1.807) is 6.07 Å². The number of hydrogen-bond donors (Lipinski definition) is 3. The second kappa shape index (κ2) is 4.73. The molecule has 1 aromatic carbocycles. The monoisotopic (exact) mass is 210 g/mol. The van der Waals surface area contributed by atoms with E-state index >= 15 is 0 Å². The summed E-state index contributed by atoms with van der Waals surface area (Å²) in [6.07, 6.45) is -3.10. The molecule has 1 aromatic rings. The highest BCUT2D eigenvalue weighted by molar-refractivity contribution is 5.48. The van der Waals surface area contributed by atoms with Gasteiger partial charge in [-0.05, 0) is 12.1 Å². The standard InChI is InChI=1S/C10H11FN2O2/c11-6-2-1-3-7(13)9(6)10(15)8(14)4-5-12/h1-3,8,10,14-15H,4,13H2. The van der Waals surface area contributed by atoms with Crippen molar-refractivity contribution in [1.82, 2.24) is 0 Å². The Morgan fingerprint density at radius 1 is 1.47 bits per heavy atom. The van der Waals surface area contributed by atoms with E-state index < -0.39 is 18.0 Å². The summed E-state index contributed by atoms with van der Waals surface area (Å²) in [5, 5.41) is 27.2. The lowest BCUT2D eigenvalue weighted by Gasteiger charge is -2.17. The number of rotatable bonds is 3. The van der Waals surface area contributed by atoms with Gasteiger partial charge in [-0.3, -0.25) is 0 Å². The fraction of sp³-hybridized carbons (Fsp3) is 0.300. The number of halogens is 1. The number of hydrogen-bond acceptors (Lipinski definition) is 4. The van der Waals surface area contributed by atoms with Crippen molar-refractivity contribution in [2.75, 3.05) is 5.73 Å². The Balaban J connectivity index is 3.01. The molecule has 0 aliphatic heterocycles. The molecule has 2 unspecified atom stereocenters. The molecule has 5 heteroatoms. The maximum atomic E-state index is 13.3. The molecule has 0 saturated heterocycles. The highest BCUT2D eigenvalue weighted by atomic mass is 19.1. The molecule has 0 amide bonds. The van der Waals surface area contributed by atoms with Crippen molar-refractivity contribution in [3.05, 3.63) is 29.6 Å². The van der Waals surface area contributed by atoms with Crippen LogP contribution in [0.25, 0.3) is 0 Å². The molecular weight excluding hydrogens is 199 g/mol. The molecule has 0 heterocycles. The average Bonchev–Trinajstić information content (AvgIpc) is 2.17. The minimum atomic E-state index is -1.48. The van der Waals surface area contributed by atoms with E-state index in [9.17, 15) is 14.6 Å². The largest absolute Gasteiger partial charge is 0.398 e. The molecule has 80 valence electrons. The Hall–Kier alpha value is -1.64. The van der Waals surface area contributed by atoms with Gasteiger partial charge in [0.25, 0.3) is 0 Å². The van der Waals surface area contributed by atoms with E-state index in [0.29, 0.717) is 0 Å².